The zero-order valence-corrected chi connectivity index (χ0v) is 11.0. The molecule has 0 radical (unpaired) electrons. The maximum absolute atomic E-state index is 10.2. The Morgan fingerprint density at radius 1 is 1.25 bits per heavy atom. The number of nitrogens with zero attached hydrogens (tertiary/aromatic N) is 2. The van der Waals surface area contributed by atoms with E-state index in [2.05, 4.69) is 4.98 Å². The van der Waals surface area contributed by atoms with Gasteiger partial charge in [0.2, 0.25) is 12.1 Å². The van der Waals surface area contributed by atoms with Crippen molar-refractivity contribution in [2.45, 2.75) is 13.5 Å². The normalized spacial score (nSPS) is 10.7. The van der Waals surface area contributed by atoms with Crippen LogP contribution >= 0.6 is 0 Å². The Hall–Kier alpha value is -2.69. The summed E-state index contributed by atoms with van der Waals surface area (Å²) in [5.74, 6) is 0.577. The van der Waals surface area contributed by atoms with Crippen LogP contribution in [0.15, 0.2) is 48.8 Å². The number of benzene rings is 1. The van der Waals surface area contributed by atoms with Gasteiger partial charge in [-0.3, -0.25) is 10.1 Å². The lowest BCUT2D eigenvalue weighted by molar-refractivity contribution is -0.400. The number of pyridine rings is 1. The summed E-state index contributed by atoms with van der Waals surface area (Å²) in [5, 5.41) is 10.2. The highest BCUT2D eigenvalue weighted by molar-refractivity contribution is 5.48. The minimum atomic E-state index is -0.486. The quantitative estimate of drug-likeness (QED) is 0.618. The summed E-state index contributed by atoms with van der Waals surface area (Å²) >= 11 is 0. The van der Waals surface area contributed by atoms with E-state index >= 15 is 0 Å². The fourth-order valence-electron chi connectivity index (χ4n) is 1.57. The van der Waals surface area contributed by atoms with E-state index < -0.39 is 4.92 Å². The summed E-state index contributed by atoms with van der Waals surface area (Å²) in [7, 11) is 0. The molecule has 20 heavy (non-hydrogen) atoms. The molecule has 2 aromatic rings. The second kappa shape index (κ2) is 6.47. The van der Waals surface area contributed by atoms with E-state index in [-0.39, 0.29) is 0 Å². The third kappa shape index (κ3) is 4.20. The summed E-state index contributed by atoms with van der Waals surface area (Å²) in [6.07, 6.45) is 4.12. The lowest BCUT2D eigenvalue weighted by Crippen LogP contribution is -1.97. The predicted octanol–water partition coefficient (Wildman–Crippen LogP) is 3.22. The van der Waals surface area contributed by atoms with Crippen molar-refractivity contribution in [3.8, 4) is 5.88 Å². The van der Waals surface area contributed by atoms with Gasteiger partial charge in [0.25, 0.3) is 0 Å². The van der Waals surface area contributed by atoms with Gasteiger partial charge >= 0.3 is 0 Å². The van der Waals surface area contributed by atoms with Gasteiger partial charge < -0.3 is 4.74 Å². The van der Waals surface area contributed by atoms with Crippen LogP contribution in [0, 0.1) is 17.0 Å². The summed E-state index contributed by atoms with van der Waals surface area (Å²) in [6, 6.07) is 11.1. The summed E-state index contributed by atoms with van der Waals surface area (Å²) in [4.78, 5) is 13.9. The van der Waals surface area contributed by atoms with Gasteiger partial charge in [0.1, 0.15) is 6.61 Å². The molecule has 1 aromatic heterocycles. The van der Waals surface area contributed by atoms with E-state index in [1.165, 1.54) is 6.08 Å². The Morgan fingerprint density at radius 3 is 2.60 bits per heavy atom. The molecule has 5 nitrogen and oxygen atoms in total. The van der Waals surface area contributed by atoms with Crippen molar-refractivity contribution >= 4 is 6.08 Å². The van der Waals surface area contributed by atoms with Crippen LogP contribution in [0.4, 0.5) is 0 Å². The van der Waals surface area contributed by atoms with E-state index in [0.29, 0.717) is 12.5 Å². The highest BCUT2D eigenvalue weighted by Gasteiger charge is 1.98. The number of nitro groups is 1. The van der Waals surface area contributed by atoms with E-state index in [4.69, 9.17) is 4.74 Å². The minimum Gasteiger partial charge on any atom is -0.473 e. The second-order valence-corrected chi connectivity index (χ2v) is 4.31. The maximum atomic E-state index is 10.2. The number of hydrogen-bond donors (Lipinski definition) is 0. The van der Waals surface area contributed by atoms with Gasteiger partial charge in [-0.05, 0) is 23.6 Å². The van der Waals surface area contributed by atoms with Crippen LogP contribution in [0.5, 0.6) is 5.88 Å². The van der Waals surface area contributed by atoms with E-state index in [1.54, 1.807) is 18.3 Å². The van der Waals surface area contributed by atoms with E-state index in [0.717, 1.165) is 22.9 Å². The standard InChI is InChI=1S/C15H14N2O3/c1-12-2-7-15(16-10-12)20-11-14-5-3-13(4-6-14)8-9-17(18)19/h2-10H,11H2,1H3/b9-8+. The van der Waals surface area contributed by atoms with Crippen molar-refractivity contribution in [1.29, 1.82) is 0 Å². The van der Waals surface area contributed by atoms with Crippen LogP contribution in [-0.2, 0) is 6.61 Å². The van der Waals surface area contributed by atoms with E-state index in [9.17, 15) is 10.1 Å². The molecule has 0 unspecified atom stereocenters. The first-order chi connectivity index (χ1) is 9.63. The SMILES string of the molecule is Cc1ccc(OCc2ccc(/C=C/[N+](=O)[O-])cc2)nc1. The average Bonchev–Trinajstić information content (AvgIpc) is 2.45. The second-order valence-electron chi connectivity index (χ2n) is 4.31. The first-order valence-corrected chi connectivity index (χ1v) is 6.09. The lowest BCUT2D eigenvalue weighted by Gasteiger charge is -2.05. The van der Waals surface area contributed by atoms with Gasteiger partial charge in [-0.15, -0.1) is 0 Å². The van der Waals surface area contributed by atoms with Crippen LogP contribution in [0.25, 0.3) is 6.08 Å². The predicted molar refractivity (Wildman–Crippen MR) is 75.8 cm³/mol. The van der Waals surface area contributed by atoms with Crippen LogP contribution in [-0.4, -0.2) is 9.91 Å². The molecule has 2 rings (SSSR count). The third-order valence-electron chi connectivity index (χ3n) is 2.64. The smallest absolute Gasteiger partial charge is 0.235 e. The fourth-order valence-corrected chi connectivity index (χ4v) is 1.57. The molecule has 102 valence electrons. The Labute approximate surface area is 116 Å². The molecule has 0 amide bonds. The van der Waals surface area contributed by atoms with Gasteiger partial charge in [0, 0.05) is 18.3 Å². The van der Waals surface area contributed by atoms with Gasteiger partial charge in [0.15, 0.2) is 0 Å². The van der Waals surface area contributed by atoms with Crippen molar-refractivity contribution in [1.82, 2.24) is 4.98 Å². The molecular formula is C15H14N2O3. The van der Waals surface area contributed by atoms with Crippen LogP contribution in [0.2, 0.25) is 0 Å². The number of ether oxygens (including phenoxy) is 1. The summed E-state index contributed by atoms with van der Waals surface area (Å²) < 4.78 is 5.55. The molecule has 0 aliphatic rings. The Balaban J connectivity index is 1.93. The topological polar surface area (TPSA) is 65.3 Å². The zero-order chi connectivity index (χ0) is 14.4. The monoisotopic (exact) mass is 270 g/mol. The molecule has 0 saturated heterocycles. The number of aromatic nitrogens is 1. The fraction of sp³-hybridized carbons (Fsp3) is 0.133. The molecule has 0 atom stereocenters. The first kappa shape index (κ1) is 13.7. The van der Waals surface area contributed by atoms with Crippen molar-refractivity contribution in [2.24, 2.45) is 0 Å². The highest BCUT2D eigenvalue weighted by atomic mass is 16.6. The molecule has 1 heterocycles. The molecule has 0 aliphatic carbocycles. The maximum Gasteiger partial charge on any atom is 0.235 e. The number of rotatable bonds is 5. The Kier molecular flexibility index (Phi) is 4.44. The minimum absolute atomic E-state index is 0.412. The van der Waals surface area contributed by atoms with Crippen LogP contribution in [0.1, 0.15) is 16.7 Å². The van der Waals surface area contributed by atoms with Crippen LogP contribution < -0.4 is 4.74 Å². The molecule has 0 bridgehead atoms. The summed E-state index contributed by atoms with van der Waals surface area (Å²) in [5.41, 5.74) is 2.84. The van der Waals surface area contributed by atoms with Gasteiger partial charge in [-0.2, -0.15) is 0 Å². The van der Waals surface area contributed by atoms with Gasteiger partial charge in [-0.1, -0.05) is 30.3 Å². The molecule has 0 saturated carbocycles. The van der Waals surface area contributed by atoms with Gasteiger partial charge in [-0.25, -0.2) is 4.98 Å². The first-order valence-electron chi connectivity index (χ1n) is 6.09. The lowest BCUT2D eigenvalue weighted by atomic mass is 10.1. The molecule has 1 aromatic carbocycles. The number of aryl methyl sites for hydroxylation is 1. The van der Waals surface area contributed by atoms with Crippen LogP contribution in [0.3, 0.4) is 0 Å². The third-order valence-corrected chi connectivity index (χ3v) is 2.64. The van der Waals surface area contributed by atoms with Gasteiger partial charge in [0.05, 0.1) is 4.92 Å². The molecular weight excluding hydrogens is 256 g/mol. The Morgan fingerprint density at radius 2 is 2.00 bits per heavy atom. The van der Waals surface area contributed by atoms with Crippen molar-refractivity contribution in [3.63, 3.8) is 0 Å². The number of hydrogen-bond acceptors (Lipinski definition) is 4. The van der Waals surface area contributed by atoms with E-state index in [1.807, 2.05) is 31.2 Å². The largest absolute Gasteiger partial charge is 0.473 e. The van der Waals surface area contributed by atoms with Crippen molar-refractivity contribution in [3.05, 3.63) is 75.6 Å². The van der Waals surface area contributed by atoms with Crippen molar-refractivity contribution in [2.75, 3.05) is 0 Å². The average molecular weight is 270 g/mol. The highest BCUT2D eigenvalue weighted by Crippen LogP contribution is 2.11. The Bertz CT molecular complexity index is 604. The summed E-state index contributed by atoms with van der Waals surface area (Å²) in [6.45, 7) is 2.38. The molecule has 0 aliphatic heterocycles. The molecule has 0 spiro atoms. The molecule has 0 N–H and O–H groups in total. The molecule has 0 fully saturated rings. The zero-order valence-electron chi connectivity index (χ0n) is 11.0. The molecule has 5 heteroatoms. The van der Waals surface area contributed by atoms with Crippen molar-refractivity contribution < 1.29 is 9.66 Å².